The number of hydrogen-bond donors (Lipinski definition) is 3. The van der Waals surface area contributed by atoms with Crippen LogP contribution in [0.5, 0.6) is 5.75 Å². The predicted octanol–water partition coefficient (Wildman–Crippen LogP) is 2.03. The van der Waals surface area contributed by atoms with E-state index in [1.165, 1.54) is 12.1 Å². The summed E-state index contributed by atoms with van der Waals surface area (Å²) in [6.45, 7) is -0.286. The van der Waals surface area contributed by atoms with Gasteiger partial charge in [0.1, 0.15) is 5.75 Å². The molecule has 2 amide bonds. The van der Waals surface area contributed by atoms with E-state index in [9.17, 15) is 18.0 Å². The molecule has 0 saturated carbocycles. The van der Waals surface area contributed by atoms with Crippen molar-refractivity contribution in [2.75, 3.05) is 6.61 Å². The Labute approximate surface area is 197 Å². The first-order chi connectivity index (χ1) is 16.2. The number of carbonyl (C=O) groups is 2. The number of hydrogen-bond acceptors (Lipinski definition) is 6. The van der Waals surface area contributed by atoms with Gasteiger partial charge in [-0.15, -0.1) is 0 Å². The van der Waals surface area contributed by atoms with Gasteiger partial charge in [0, 0.05) is 6.42 Å². The van der Waals surface area contributed by atoms with Crippen LogP contribution in [0.1, 0.15) is 17.5 Å². The summed E-state index contributed by atoms with van der Waals surface area (Å²) in [5.41, 5.74) is 7.81. The molecule has 9 nitrogen and oxygen atoms in total. The Kier molecular flexibility index (Phi) is 7.97. The van der Waals surface area contributed by atoms with Gasteiger partial charge in [-0.2, -0.15) is 5.26 Å². The van der Waals surface area contributed by atoms with Gasteiger partial charge in [-0.1, -0.05) is 36.4 Å². The molecule has 0 spiro atoms. The molecule has 0 aliphatic carbocycles. The van der Waals surface area contributed by atoms with Gasteiger partial charge < -0.3 is 4.74 Å². The number of rotatable bonds is 8. The summed E-state index contributed by atoms with van der Waals surface area (Å²) in [5, 5.41) is 13.9. The largest absolute Gasteiger partial charge is 0.484 e. The molecule has 0 heterocycles. The van der Waals surface area contributed by atoms with Crippen molar-refractivity contribution in [1.29, 1.82) is 5.26 Å². The number of hydrazine groups is 1. The Hall–Kier alpha value is -4.20. The zero-order chi connectivity index (χ0) is 24.6. The first kappa shape index (κ1) is 24.4. The number of benzene rings is 3. The van der Waals surface area contributed by atoms with Crippen LogP contribution in [-0.2, 0) is 26.0 Å². The number of nitrogens with two attached hydrogens (primary N) is 1. The smallest absolute Gasteiger partial charge is 0.276 e. The van der Waals surface area contributed by atoms with Crippen molar-refractivity contribution in [3.05, 3.63) is 83.9 Å². The molecule has 0 bridgehead atoms. The number of primary sulfonamides is 1. The SMILES string of the molecule is N#Cc1ccc(-c2ccc(OCC(=O)NNC(=O)CCc3ccc(S(N)(=O)=O)cc3)cc2)cc1. The van der Waals surface area contributed by atoms with Gasteiger partial charge in [0.15, 0.2) is 6.61 Å². The van der Waals surface area contributed by atoms with Crippen LogP contribution in [0.4, 0.5) is 0 Å². The summed E-state index contributed by atoms with van der Waals surface area (Å²) in [6.07, 6.45) is 0.446. The second-order valence-electron chi connectivity index (χ2n) is 7.29. The fourth-order valence-electron chi connectivity index (χ4n) is 2.97. The third-order valence-electron chi connectivity index (χ3n) is 4.81. The first-order valence-corrected chi connectivity index (χ1v) is 11.7. The molecule has 0 aliphatic heterocycles. The Bertz CT molecular complexity index is 1300. The monoisotopic (exact) mass is 478 g/mol. The van der Waals surface area contributed by atoms with E-state index in [2.05, 4.69) is 16.9 Å². The Balaban J connectivity index is 1.39. The van der Waals surface area contributed by atoms with Crippen LogP contribution in [0.2, 0.25) is 0 Å². The topological polar surface area (TPSA) is 151 Å². The zero-order valence-electron chi connectivity index (χ0n) is 18.0. The van der Waals surface area contributed by atoms with Gasteiger partial charge in [0.2, 0.25) is 15.9 Å². The van der Waals surface area contributed by atoms with Crippen molar-refractivity contribution in [2.24, 2.45) is 5.14 Å². The highest BCUT2D eigenvalue weighted by Gasteiger charge is 2.09. The predicted molar refractivity (Wildman–Crippen MR) is 125 cm³/mol. The minimum atomic E-state index is -3.76. The number of amides is 2. The summed E-state index contributed by atoms with van der Waals surface area (Å²) in [7, 11) is -3.76. The lowest BCUT2D eigenvalue weighted by atomic mass is 10.0. The molecule has 0 aromatic heterocycles. The average Bonchev–Trinajstić information content (AvgIpc) is 2.85. The van der Waals surface area contributed by atoms with Crippen LogP contribution in [0.15, 0.2) is 77.7 Å². The first-order valence-electron chi connectivity index (χ1n) is 10.2. The fourth-order valence-corrected chi connectivity index (χ4v) is 3.49. The van der Waals surface area contributed by atoms with Gasteiger partial charge in [-0.3, -0.25) is 20.4 Å². The second-order valence-corrected chi connectivity index (χ2v) is 8.85. The van der Waals surface area contributed by atoms with E-state index in [0.29, 0.717) is 17.7 Å². The van der Waals surface area contributed by atoms with E-state index in [1.807, 2.05) is 24.3 Å². The minimum absolute atomic E-state index is 0.00291. The average molecular weight is 479 g/mol. The van der Waals surface area contributed by atoms with Gasteiger partial charge >= 0.3 is 0 Å². The summed E-state index contributed by atoms with van der Waals surface area (Å²) in [5.74, 6) is -0.445. The summed E-state index contributed by atoms with van der Waals surface area (Å²) >= 11 is 0. The van der Waals surface area contributed by atoms with Crippen molar-refractivity contribution >= 4 is 21.8 Å². The van der Waals surface area contributed by atoms with Crippen LogP contribution in [0, 0.1) is 11.3 Å². The van der Waals surface area contributed by atoms with E-state index in [0.717, 1.165) is 16.7 Å². The van der Waals surface area contributed by atoms with Crippen molar-refractivity contribution in [3.8, 4) is 22.9 Å². The van der Waals surface area contributed by atoms with E-state index >= 15 is 0 Å². The van der Waals surface area contributed by atoms with Gasteiger partial charge in [-0.05, 0) is 59.5 Å². The number of nitriles is 1. The molecule has 34 heavy (non-hydrogen) atoms. The third-order valence-corrected chi connectivity index (χ3v) is 5.73. The third kappa shape index (κ3) is 7.16. The number of nitrogens with one attached hydrogen (secondary N) is 2. The number of carbonyl (C=O) groups excluding carboxylic acids is 2. The van der Waals surface area contributed by atoms with Crippen LogP contribution in [0.3, 0.4) is 0 Å². The van der Waals surface area contributed by atoms with Crippen LogP contribution in [0.25, 0.3) is 11.1 Å². The number of nitrogens with zero attached hydrogens (tertiary/aromatic N) is 1. The zero-order valence-corrected chi connectivity index (χ0v) is 18.8. The molecule has 3 aromatic rings. The van der Waals surface area contributed by atoms with E-state index < -0.39 is 21.8 Å². The molecule has 0 radical (unpaired) electrons. The molecule has 0 unspecified atom stereocenters. The Morgan fingerprint density at radius 2 is 1.41 bits per heavy atom. The molecule has 0 fully saturated rings. The lowest BCUT2D eigenvalue weighted by Crippen LogP contribution is -2.43. The lowest BCUT2D eigenvalue weighted by Gasteiger charge is -2.10. The maximum atomic E-state index is 11.9. The highest BCUT2D eigenvalue weighted by Crippen LogP contribution is 2.22. The highest BCUT2D eigenvalue weighted by molar-refractivity contribution is 7.89. The fraction of sp³-hybridized carbons (Fsp3) is 0.125. The molecule has 0 aliphatic rings. The molecule has 174 valence electrons. The molecule has 3 aromatic carbocycles. The van der Waals surface area contributed by atoms with Crippen LogP contribution < -0.4 is 20.7 Å². The van der Waals surface area contributed by atoms with Crippen molar-refractivity contribution < 1.29 is 22.7 Å². The van der Waals surface area contributed by atoms with Crippen LogP contribution in [-0.4, -0.2) is 26.8 Å². The molecular formula is C24H22N4O5S. The molecule has 4 N–H and O–H groups in total. The molecule has 0 saturated heterocycles. The highest BCUT2D eigenvalue weighted by atomic mass is 32.2. The molecule has 3 rings (SSSR count). The maximum absolute atomic E-state index is 11.9. The Morgan fingerprint density at radius 3 is 1.97 bits per heavy atom. The molecule has 10 heteroatoms. The van der Waals surface area contributed by atoms with E-state index in [1.54, 1.807) is 36.4 Å². The quantitative estimate of drug-likeness (QED) is 0.421. The standard InChI is InChI=1S/C24H22N4O5S/c25-15-18-1-6-19(7-2-18)20-8-10-21(11-9-20)33-16-24(30)28-27-23(29)14-5-17-3-12-22(13-4-17)34(26,31)32/h1-4,6-13H,5,14,16H2,(H,27,29)(H,28,30)(H2,26,31,32). The van der Waals surface area contributed by atoms with E-state index in [4.69, 9.17) is 15.1 Å². The van der Waals surface area contributed by atoms with Gasteiger partial charge in [-0.25, -0.2) is 13.6 Å². The van der Waals surface area contributed by atoms with Crippen LogP contribution >= 0.6 is 0 Å². The molecular weight excluding hydrogens is 456 g/mol. The number of aryl methyl sites for hydroxylation is 1. The summed E-state index contributed by atoms with van der Waals surface area (Å²) in [4.78, 5) is 23.9. The van der Waals surface area contributed by atoms with Crippen molar-refractivity contribution in [3.63, 3.8) is 0 Å². The summed E-state index contributed by atoms with van der Waals surface area (Å²) < 4.78 is 27.9. The van der Waals surface area contributed by atoms with Gasteiger partial charge in [0.25, 0.3) is 5.91 Å². The lowest BCUT2D eigenvalue weighted by molar-refractivity contribution is -0.130. The van der Waals surface area contributed by atoms with Gasteiger partial charge in [0.05, 0.1) is 16.5 Å². The van der Waals surface area contributed by atoms with Crippen molar-refractivity contribution in [2.45, 2.75) is 17.7 Å². The number of sulfonamides is 1. The van der Waals surface area contributed by atoms with Crippen molar-refractivity contribution in [1.82, 2.24) is 10.9 Å². The van der Waals surface area contributed by atoms with E-state index in [-0.39, 0.29) is 17.9 Å². The number of ether oxygens (including phenoxy) is 1. The molecule has 0 atom stereocenters. The summed E-state index contributed by atoms with van der Waals surface area (Å²) in [6, 6.07) is 22.3. The normalized spacial score (nSPS) is 10.7. The maximum Gasteiger partial charge on any atom is 0.276 e. The minimum Gasteiger partial charge on any atom is -0.484 e. The Morgan fingerprint density at radius 1 is 0.853 bits per heavy atom. The second kappa shape index (κ2) is 11.1.